The molecule has 1 aromatic rings. The van der Waals surface area contributed by atoms with Crippen molar-refractivity contribution in [1.82, 2.24) is 15.5 Å². The molecule has 0 radical (unpaired) electrons. The van der Waals surface area contributed by atoms with E-state index in [0.717, 1.165) is 19.3 Å². The maximum Gasteiger partial charge on any atom is 0.319 e. The van der Waals surface area contributed by atoms with E-state index in [0.29, 0.717) is 24.8 Å². The fourth-order valence-corrected chi connectivity index (χ4v) is 2.44. The van der Waals surface area contributed by atoms with Crippen LogP contribution in [0.1, 0.15) is 19.3 Å². The van der Waals surface area contributed by atoms with Gasteiger partial charge in [-0.2, -0.15) is 0 Å². The number of halogens is 1. The quantitative estimate of drug-likeness (QED) is 0.798. The van der Waals surface area contributed by atoms with Crippen LogP contribution < -0.4 is 16.0 Å². The van der Waals surface area contributed by atoms with Crippen LogP contribution in [0.3, 0.4) is 0 Å². The summed E-state index contributed by atoms with van der Waals surface area (Å²) in [5, 5.41) is 8.41. The average molecular weight is 306 g/mol. The SMILES string of the molecule is O=C(Nc1ccc(F)cc1)N[C@H]1CCN(C(=O)NC2CC2)C1. The van der Waals surface area contributed by atoms with Crippen molar-refractivity contribution in [2.75, 3.05) is 18.4 Å². The highest BCUT2D eigenvalue weighted by molar-refractivity contribution is 5.89. The Morgan fingerprint density at radius 3 is 2.45 bits per heavy atom. The fourth-order valence-electron chi connectivity index (χ4n) is 2.44. The Labute approximate surface area is 128 Å². The lowest BCUT2D eigenvalue weighted by molar-refractivity contribution is 0.206. The predicted molar refractivity (Wildman–Crippen MR) is 80.1 cm³/mol. The van der Waals surface area contributed by atoms with Gasteiger partial charge in [0.25, 0.3) is 0 Å². The number of hydrogen-bond donors (Lipinski definition) is 3. The molecule has 0 unspecified atom stereocenters. The number of anilines is 1. The molecule has 2 fully saturated rings. The first-order valence-electron chi connectivity index (χ1n) is 7.49. The van der Waals surface area contributed by atoms with Crippen LogP contribution in [0, 0.1) is 5.82 Å². The number of carbonyl (C=O) groups is 2. The van der Waals surface area contributed by atoms with Gasteiger partial charge in [0.2, 0.25) is 0 Å². The summed E-state index contributed by atoms with van der Waals surface area (Å²) in [5.74, 6) is -0.348. The van der Waals surface area contributed by atoms with Crippen molar-refractivity contribution < 1.29 is 14.0 Å². The van der Waals surface area contributed by atoms with E-state index in [4.69, 9.17) is 0 Å². The second kappa shape index (κ2) is 6.21. The highest BCUT2D eigenvalue weighted by Crippen LogP contribution is 2.20. The Balaban J connectivity index is 1.44. The molecule has 1 aromatic carbocycles. The molecule has 22 heavy (non-hydrogen) atoms. The van der Waals surface area contributed by atoms with Crippen LogP contribution in [0.25, 0.3) is 0 Å². The third kappa shape index (κ3) is 3.87. The van der Waals surface area contributed by atoms with Crippen molar-refractivity contribution in [2.24, 2.45) is 0 Å². The summed E-state index contributed by atoms with van der Waals surface area (Å²) in [7, 11) is 0. The van der Waals surface area contributed by atoms with E-state index < -0.39 is 0 Å². The van der Waals surface area contributed by atoms with Crippen molar-refractivity contribution in [3.8, 4) is 0 Å². The molecule has 6 nitrogen and oxygen atoms in total. The molecular weight excluding hydrogens is 287 g/mol. The van der Waals surface area contributed by atoms with E-state index in [9.17, 15) is 14.0 Å². The summed E-state index contributed by atoms with van der Waals surface area (Å²) in [6.45, 7) is 1.15. The fraction of sp³-hybridized carbons (Fsp3) is 0.467. The maximum atomic E-state index is 12.8. The standard InChI is InChI=1S/C15H19FN4O2/c16-10-1-3-11(4-2-10)17-14(21)18-13-7-8-20(9-13)15(22)19-12-5-6-12/h1-4,12-13H,5-9H2,(H,19,22)(H2,17,18,21)/t13-/m0/s1. The largest absolute Gasteiger partial charge is 0.335 e. The van der Waals surface area contributed by atoms with E-state index in [1.165, 1.54) is 24.3 Å². The van der Waals surface area contributed by atoms with Crippen LogP contribution in [0.2, 0.25) is 0 Å². The van der Waals surface area contributed by atoms with Gasteiger partial charge in [0.05, 0.1) is 0 Å². The zero-order valence-corrected chi connectivity index (χ0v) is 12.1. The van der Waals surface area contributed by atoms with Gasteiger partial charge in [-0.1, -0.05) is 0 Å². The minimum Gasteiger partial charge on any atom is -0.335 e. The summed E-state index contributed by atoms with van der Waals surface area (Å²) in [5.41, 5.74) is 0.528. The van der Waals surface area contributed by atoms with Gasteiger partial charge in [0.1, 0.15) is 5.82 Å². The van der Waals surface area contributed by atoms with Gasteiger partial charge >= 0.3 is 12.1 Å². The molecule has 4 amide bonds. The Kier molecular flexibility index (Phi) is 4.13. The Hall–Kier alpha value is -2.31. The zero-order chi connectivity index (χ0) is 15.5. The molecule has 3 rings (SSSR count). The van der Waals surface area contributed by atoms with Crippen LogP contribution in [0.4, 0.5) is 19.7 Å². The highest BCUT2D eigenvalue weighted by atomic mass is 19.1. The first kappa shape index (κ1) is 14.6. The first-order valence-corrected chi connectivity index (χ1v) is 7.49. The topological polar surface area (TPSA) is 73.5 Å². The normalized spacial score (nSPS) is 20.6. The third-order valence-corrected chi connectivity index (χ3v) is 3.82. The second-order valence-corrected chi connectivity index (χ2v) is 5.76. The molecule has 118 valence electrons. The molecular formula is C15H19FN4O2. The number of urea groups is 2. The van der Waals surface area contributed by atoms with Crippen molar-refractivity contribution in [3.63, 3.8) is 0 Å². The smallest absolute Gasteiger partial charge is 0.319 e. The molecule has 1 atom stereocenters. The lowest BCUT2D eigenvalue weighted by atomic mass is 10.3. The summed E-state index contributed by atoms with van der Waals surface area (Å²) in [4.78, 5) is 25.5. The molecule has 7 heteroatoms. The zero-order valence-electron chi connectivity index (χ0n) is 12.1. The molecule has 0 spiro atoms. The van der Waals surface area contributed by atoms with Crippen molar-refractivity contribution in [3.05, 3.63) is 30.1 Å². The summed E-state index contributed by atoms with van der Waals surface area (Å²) >= 11 is 0. The monoisotopic (exact) mass is 306 g/mol. The number of nitrogens with zero attached hydrogens (tertiary/aromatic N) is 1. The van der Waals surface area contributed by atoms with E-state index in [1.807, 2.05) is 0 Å². The Bertz CT molecular complexity index is 559. The van der Waals surface area contributed by atoms with Crippen LogP contribution >= 0.6 is 0 Å². The molecule has 2 aliphatic rings. The predicted octanol–water partition coefficient (Wildman–Crippen LogP) is 1.89. The maximum absolute atomic E-state index is 12.8. The Morgan fingerprint density at radius 2 is 1.77 bits per heavy atom. The van der Waals surface area contributed by atoms with Gasteiger partial charge in [-0.05, 0) is 43.5 Å². The van der Waals surface area contributed by atoms with Gasteiger partial charge in [-0.3, -0.25) is 0 Å². The Morgan fingerprint density at radius 1 is 1.05 bits per heavy atom. The summed E-state index contributed by atoms with van der Waals surface area (Å²) in [6, 6.07) is 5.45. The second-order valence-electron chi connectivity index (χ2n) is 5.76. The molecule has 1 saturated heterocycles. The first-order chi connectivity index (χ1) is 10.6. The van der Waals surface area contributed by atoms with Gasteiger partial charge in [-0.15, -0.1) is 0 Å². The number of amides is 4. The lowest BCUT2D eigenvalue weighted by Crippen LogP contribution is -2.43. The van der Waals surface area contributed by atoms with Gasteiger partial charge in [0.15, 0.2) is 0 Å². The average Bonchev–Trinajstić information content (AvgIpc) is 3.17. The van der Waals surface area contributed by atoms with E-state index in [2.05, 4.69) is 16.0 Å². The number of benzene rings is 1. The van der Waals surface area contributed by atoms with Crippen molar-refractivity contribution in [2.45, 2.75) is 31.3 Å². The van der Waals surface area contributed by atoms with Gasteiger partial charge in [0, 0.05) is 30.9 Å². The summed E-state index contributed by atoms with van der Waals surface area (Å²) in [6.07, 6.45) is 2.84. The number of likely N-dealkylation sites (tertiary alicyclic amines) is 1. The van der Waals surface area contributed by atoms with Crippen LogP contribution in [-0.4, -0.2) is 42.1 Å². The molecule has 1 aliphatic carbocycles. The van der Waals surface area contributed by atoms with Gasteiger partial charge < -0.3 is 20.9 Å². The number of rotatable bonds is 3. The molecule has 1 saturated carbocycles. The molecule has 0 bridgehead atoms. The molecule has 1 heterocycles. The van der Waals surface area contributed by atoms with Gasteiger partial charge in [-0.25, -0.2) is 14.0 Å². The number of carbonyl (C=O) groups excluding carboxylic acids is 2. The molecule has 3 N–H and O–H groups in total. The van der Waals surface area contributed by atoms with Crippen molar-refractivity contribution in [1.29, 1.82) is 0 Å². The molecule has 0 aromatic heterocycles. The minimum absolute atomic E-state index is 0.0502. The van der Waals surface area contributed by atoms with E-state index in [-0.39, 0.29) is 23.9 Å². The molecule has 1 aliphatic heterocycles. The third-order valence-electron chi connectivity index (χ3n) is 3.82. The van der Waals surface area contributed by atoms with E-state index >= 15 is 0 Å². The number of hydrogen-bond acceptors (Lipinski definition) is 2. The van der Waals surface area contributed by atoms with Crippen LogP contribution in [0.15, 0.2) is 24.3 Å². The summed E-state index contributed by atoms with van der Waals surface area (Å²) < 4.78 is 12.8. The van der Waals surface area contributed by atoms with Crippen LogP contribution in [-0.2, 0) is 0 Å². The lowest BCUT2D eigenvalue weighted by Gasteiger charge is -2.18. The van der Waals surface area contributed by atoms with Crippen molar-refractivity contribution >= 4 is 17.7 Å². The number of nitrogens with one attached hydrogen (secondary N) is 3. The highest BCUT2D eigenvalue weighted by Gasteiger charge is 2.30. The van der Waals surface area contributed by atoms with E-state index in [1.54, 1.807) is 4.90 Å². The van der Waals surface area contributed by atoms with Crippen LogP contribution in [0.5, 0.6) is 0 Å². The minimum atomic E-state index is -0.348.